The van der Waals surface area contributed by atoms with Crippen LogP contribution in [0.25, 0.3) is 0 Å². The molecule has 0 aromatic carbocycles. The van der Waals surface area contributed by atoms with E-state index < -0.39 is 0 Å². The van der Waals surface area contributed by atoms with Crippen LogP contribution in [-0.4, -0.2) is 60.2 Å². The molecule has 3 heterocycles. The second-order valence-corrected chi connectivity index (χ2v) is 8.08. The summed E-state index contributed by atoms with van der Waals surface area (Å²) in [7, 11) is 0. The van der Waals surface area contributed by atoms with Gasteiger partial charge in [-0.15, -0.1) is 0 Å². The minimum absolute atomic E-state index is 0.113. The van der Waals surface area contributed by atoms with Crippen molar-refractivity contribution in [3.63, 3.8) is 0 Å². The van der Waals surface area contributed by atoms with E-state index in [1.165, 1.54) is 25.7 Å². The zero-order valence-corrected chi connectivity index (χ0v) is 14.6. The molecule has 0 spiro atoms. The Morgan fingerprint density at radius 1 is 0.960 bits per heavy atom. The maximum atomic E-state index is 12.9. The van der Waals surface area contributed by atoms with Crippen molar-refractivity contribution in [1.29, 1.82) is 0 Å². The molecule has 2 saturated heterocycles. The van der Waals surface area contributed by atoms with Gasteiger partial charge in [0.2, 0.25) is 5.95 Å². The predicted molar refractivity (Wildman–Crippen MR) is 93.4 cm³/mol. The van der Waals surface area contributed by atoms with Gasteiger partial charge < -0.3 is 14.5 Å². The highest BCUT2D eigenvalue weighted by atomic mass is 16.5. The molecule has 5 fully saturated rings. The first-order chi connectivity index (χ1) is 12.3. The smallest absolute Gasteiger partial charge is 0.257 e. The van der Waals surface area contributed by atoms with Gasteiger partial charge in [-0.25, -0.2) is 9.97 Å². The summed E-state index contributed by atoms with van der Waals surface area (Å²) in [6, 6.07) is 0. The molecule has 0 unspecified atom stereocenters. The fourth-order valence-corrected chi connectivity index (χ4v) is 5.56. The maximum absolute atomic E-state index is 12.9. The summed E-state index contributed by atoms with van der Waals surface area (Å²) >= 11 is 0. The molecule has 1 aromatic heterocycles. The number of nitrogens with zero attached hydrogens (tertiary/aromatic N) is 4. The molecule has 2 aliphatic heterocycles. The van der Waals surface area contributed by atoms with Crippen molar-refractivity contribution in [1.82, 2.24) is 14.9 Å². The highest BCUT2D eigenvalue weighted by Gasteiger charge is 2.49. The molecule has 1 aromatic rings. The number of likely N-dealkylation sites (tertiary alicyclic amines) is 1. The molecule has 25 heavy (non-hydrogen) atoms. The number of carbonyl (C=O) groups is 1. The molecule has 0 N–H and O–H groups in total. The Morgan fingerprint density at radius 3 is 2.08 bits per heavy atom. The first-order valence-electron chi connectivity index (χ1n) is 9.73. The number of aromatic nitrogens is 2. The molecule has 6 rings (SSSR count). The van der Waals surface area contributed by atoms with Crippen LogP contribution in [0.15, 0.2) is 12.4 Å². The van der Waals surface area contributed by atoms with Crippen molar-refractivity contribution in [3.8, 4) is 0 Å². The standard InChI is InChI=1S/C19H26N4O2/c24-18(15-9-20-19(21-10-15)22-5-7-25-8-6-22)23-11-16-13-1-2-14(4-3-13)17(16)12-23/h9-10,13-14,16-17H,1-8,11-12H2/t13?,14?,16-,17+. The summed E-state index contributed by atoms with van der Waals surface area (Å²) in [6.07, 6.45) is 8.93. The third-order valence-corrected chi connectivity index (χ3v) is 6.91. The normalized spacial score (nSPS) is 34.2. The fourth-order valence-electron chi connectivity index (χ4n) is 5.56. The highest BCUT2D eigenvalue weighted by Crippen LogP contribution is 2.51. The molecule has 3 aliphatic carbocycles. The van der Waals surface area contributed by atoms with E-state index in [-0.39, 0.29) is 5.91 Å². The van der Waals surface area contributed by atoms with Gasteiger partial charge in [-0.3, -0.25) is 4.79 Å². The second-order valence-electron chi connectivity index (χ2n) is 8.08. The molecule has 2 bridgehead atoms. The third kappa shape index (κ3) is 2.71. The first kappa shape index (κ1) is 15.6. The van der Waals surface area contributed by atoms with Crippen molar-refractivity contribution < 1.29 is 9.53 Å². The predicted octanol–water partition coefficient (Wildman–Crippen LogP) is 1.82. The second kappa shape index (κ2) is 6.24. The average Bonchev–Trinajstić information content (AvgIpc) is 3.17. The monoisotopic (exact) mass is 342 g/mol. The van der Waals surface area contributed by atoms with Crippen LogP contribution in [-0.2, 0) is 4.74 Å². The van der Waals surface area contributed by atoms with E-state index >= 15 is 0 Å². The molecule has 6 nitrogen and oxygen atoms in total. The minimum Gasteiger partial charge on any atom is -0.378 e. The lowest BCUT2D eigenvalue weighted by atomic mass is 9.60. The van der Waals surface area contributed by atoms with Gasteiger partial charge in [0.1, 0.15) is 0 Å². The van der Waals surface area contributed by atoms with Crippen LogP contribution < -0.4 is 4.90 Å². The van der Waals surface area contributed by atoms with Crippen LogP contribution in [0.5, 0.6) is 0 Å². The van der Waals surface area contributed by atoms with Crippen LogP contribution in [0, 0.1) is 23.7 Å². The molecule has 3 saturated carbocycles. The number of hydrogen-bond donors (Lipinski definition) is 0. The fraction of sp³-hybridized carbons (Fsp3) is 0.737. The lowest BCUT2D eigenvalue weighted by Gasteiger charge is -2.44. The first-order valence-corrected chi connectivity index (χ1v) is 9.73. The van der Waals surface area contributed by atoms with Crippen LogP contribution in [0.3, 0.4) is 0 Å². The average molecular weight is 342 g/mol. The number of ether oxygens (including phenoxy) is 1. The molecular formula is C19H26N4O2. The van der Waals surface area contributed by atoms with E-state index in [0.29, 0.717) is 24.7 Å². The molecule has 6 heteroatoms. The van der Waals surface area contributed by atoms with Gasteiger partial charge in [-0.05, 0) is 49.4 Å². The lowest BCUT2D eigenvalue weighted by molar-refractivity contribution is 0.0577. The summed E-state index contributed by atoms with van der Waals surface area (Å²) in [4.78, 5) is 26.0. The Balaban J connectivity index is 1.28. The maximum Gasteiger partial charge on any atom is 0.257 e. The molecule has 5 aliphatic rings. The van der Waals surface area contributed by atoms with Gasteiger partial charge in [0.05, 0.1) is 18.8 Å². The van der Waals surface area contributed by atoms with Gasteiger partial charge in [0.15, 0.2) is 0 Å². The number of hydrogen-bond acceptors (Lipinski definition) is 5. The van der Waals surface area contributed by atoms with E-state index in [1.54, 1.807) is 12.4 Å². The summed E-state index contributed by atoms with van der Waals surface area (Å²) in [5.41, 5.74) is 0.628. The van der Waals surface area contributed by atoms with Crippen LogP contribution >= 0.6 is 0 Å². The van der Waals surface area contributed by atoms with Crippen LogP contribution in [0.1, 0.15) is 36.0 Å². The van der Waals surface area contributed by atoms with Gasteiger partial charge >= 0.3 is 0 Å². The van der Waals surface area contributed by atoms with E-state index in [1.807, 2.05) is 0 Å². The number of amides is 1. The van der Waals surface area contributed by atoms with Crippen molar-refractivity contribution >= 4 is 11.9 Å². The Hall–Kier alpha value is -1.69. The van der Waals surface area contributed by atoms with Crippen molar-refractivity contribution in [2.75, 3.05) is 44.3 Å². The summed E-state index contributed by atoms with van der Waals surface area (Å²) in [5, 5.41) is 0. The number of anilines is 1. The van der Waals surface area contributed by atoms with Crippen LogP contribution in [0.4, 0.5) is 5.95 Å². The van der Waals surface area contributed by atoms with Crippen molar-refractivity contribution in [3.05, 3.63) is 18.0 Å². The Bertz CT molecular complexity index is 615. The van der Waals surface area contributed by atoms with Gasteiger partial charge in [0, 0.05) is 38.6 Å². The van der Waals surface area contributed by atoms with E-state index in [4.69, 9.17) is 4.74 Å². The van der Waals surface area contributed by atoms with E-state index in [9.17, 15) is 4.79 Å². The number of morpholine rings is 1. The molecule has 0 radical (unpaired) electrons. The zero-order valence-electron chi connectivity index (χ0n) is 14.6. The summed E-state index contributed by atoms with van der Waals surface area (Å²) < 4.78 is 5.36. The third-order valence-electron chi connectivity index (χ3n) is 6.91. The lowest BCUT2D eigenvalue weighted by Crippen LogP contribution is -2.38. The van der Waals surface area contributed by atoms with Crippen molar-refractivity contribution in [2.45, 2.75) is 25.7 Å². The van der Waals surface area contributed by atoms with Gasteiger partial charge in [-0.2, -0.15) is 0 Å². The topological polar surface area (TPSA) is 58.6 Å². The Kier molecular flexibility index (Phi) is 3.88. The van der Waals surface area contributed by atoms with Crippen LogP contribution in [0.2, 0.25) is 0 Å². The van der Waals surface area contributed by atoms with Gasteiger partial charge in [-0.1, -0.05) is 0 Å². The van der Waals surface area contributed by atoms with Gasteiger partial charge in [0.25, 0.3) is 5.91 Å². The minimum atomic E-state index is 0.113. The largest absolute Gasteiger partial charge is 0.378 e. The highest BCUT2D eigenvalue weighted by molar-refractivity contribution is 5.94. The molecular weight excluding hydrogens is 316 g/mol. The summed E-state index contributed by atoms with van der Waals surface area (Å²) in [5.74, 6) is 4.01. The molecule has 134 valence electrons. The van der Waals surface area contributed by atoms with Crippen molar-refractivity contribution in [2.24, 2.45) is 23.7 Å². The SMILES string of the molecule is O=C(c1cnc(N2CCOCC2)nc1)N1C[C@@H]2C3CCC(CC3)[C@@H]2C1. The van der Waals surface area contributed by atoms with E-state index in [0.717, 1.165) is 49.9 Å². The Labute approximate surface area is 148 Å². The molecule has 2 atom stereocenters. The Morgan fingerprint density at radius 2 is 1.52 bits per heavy atom. The quantitative estimate of drug-likeness (QED) is 0.820. The molecule has 1 amide bonds. The number of rotatable bonds is 2. The summed E-state index contributed by atoms with van der Waals surface area (Å²) in [6.45, 7) is 4.93. The number of fused-ring (bicyclic) bond motifs is 2. The zero-order chi connectivity index (χ0) is 16.8. The van der Waals surface area contributed by atoms with E-state index in [2.05, 4.69) is 19.8 Å². The number of carbonyl (C=O) groups excluding carboxylic acids is 1.